The maximum Gasteiger partial charge on any atom is 1.00 e. The number of nitrogens with zero attached hydrogens (tertiary/aromatic N) is 1. The summed E-state index contributed by atoms with van der Waals surface area (Å²) in [6, 6.07) is 3.28. The van der Waals surface area contributed by atoms with E-state index >= 15 is 0 Å². The van der Waals surface area contributed by atoms with Crippen LogP contribution >= 0.6 is 0 Å². The summed E-state index contributed by atoms with van der Waals surface area (Å²) >= 11 is -1.90. The van der Waals surface area contributed by atoms with Crippen LogP contribution in [0.4, 0.5) is 0 Å². The van der Waals surface area contributed by atoms with Gasteiger partial charge in [-0.3, -0.25) is 4.98 Å². The van der Waals surface area contributed by atoms with Gasteiger partial charge >= 0.3 is 29.6 Å². The van der Waals surface area contributed by atoms with Crippen molar-refractivity contribution in [2.45, 2.75) is 11.8 Å². The summed E-state index contributed by atoms with van der Waals surface area (Å²) in [5, 5.41) is 0. The van der Waals surface area contributed by atoms with Crippen molar-refractivity contribution >= 4 is 11.1 Å². The van der Waals surface area contributed by atoms with Gasteiger partial charge in [-0.2, -0.15) is 0 Å². The standard InChI is InChI=1S/C6H7NO2S.Na.H/c1-5-2-3-6(4-7-5)10(8)9;;/h2-4H,1H3,(H,8,9);;/q;+1;-1. The summed E-state index contributed by atoms with van der Waals surface area (Å²) < 4.78 is 18.9. The van der Waals surface area contributed by atoms with E-state index in [4.69, 9.17) is 4.55 Å². The van der Waals surface area contributed by atoms with E-state index in [1.165, 1.54) is 6.20 Å². The van der Waals surface area contributed by atoms with Crippen molar-refractivity contribution in [3.63, 3.8) is 0 Å². The van der Waals surface area contributed by atoms with Gasteiger partial charge in [0.05, 0.1) is 4.90 Å². The SMILES string of the molecule is Cc1ccc(S(=O)O)cn1.[H-].[Na+]. The number of pyridine rings is 1. The molecule has 0 aliphatic carbocycles. The molecule has 0 spiro atoms. The Hall–Kier alpha value is 0.260. The third-order valence-corrected chi connectivity index (χ3v) is 1.73. The summed E-state index contributed by atoms with van der Waals surface area (Å²) in [7, 11) is 0. The molecule has 0 aliphatic rings. The van der Waals surface area contributed by atoms with E-state index in [9.17, 15) is 4.21 Å². The van der Waals surface area contributed by atoms with E-state index in [0.29, 0.717) is 4.90 Å². The van der Waals surface area contributed by atoms with Crippen LogP contribution in [-0.4, -0.2) is 13.7 Å². The minimum atomic E-state index is -1.90. The molecule has 1 aromatic heterocycles. The Bertz CT molecular complexity index is 254. The van der Waals surface area contributed by atoms with Crippen LogP contribution in [0.3, 0.4) is 0 Å². The molecule has 11 heavy (non-hydrogen) atoms. The number of rotatable bonds is 1. The van der Waals surface area contributed by atoms with Crippen molar-refractivity contribution in [2.75, 3.05) is 0 Å². The number of aromatic nitrogens is 1. The normalized spacial score (nSPS) is 11.8. The van der Waals surface area contributed by atoms with Gasteiger partial charge in [-0.1, -0.05) is 0 Å². The molecule has 0 amide bonds. The maximum absolute atomic E-state index is 10.4. The van der Waals surface area contributed by atoms with Crippen LogP contribution in [-0.2, 0) is 11.1 Å². The summed E-state index contributed by atoms with van der Waals surface area (Å²) in [5.74, 6) is 0. The van der Waals surface area contributed by atoms with Crippen LogP contribution in [0.5, 0.6) is 0 Å². The van der Waals surface area contributed by atoms with Crippen LogP contribution in [0.1, 0.15) is 7.12 Å². The Morgan fingerprint density at radius 2 is 2.27 bits per heavy atom. The molecule has 3 nitrogen and oxygen atoms in total. The summed E-state index contributed by atoms with van der Waals surface area (Å²) in [5.41, 5.74) is 0.842. The average molecular weight is 181 g/mol. The summed E-state index contributed by atoms with van der Waals surface area (Å²) in [4.78, 5) is 4.19. The Morgan fingerprint density at radius 1 is 1.64 bits per heavy atom. The van der Waals surface area contributed by atoms with Gasteiger partial charge in [0.15, 0.2) is 11.1 Å². The van der Waals surface area contributed by atoms with Crippen molar-refractivity contribution in [1.29, 1.82) is 0 Å². The first kappa shape index (κ1) is 11.3. The molecule has 1 heterocycles. The molecule has 1 unspecified atom stereocenters. The van der Waals surface area contributed by atoms with Gasteiger partial charge in [0, 0.05) is 11.9 Å². The third kappa shape index (κ3) is 3.44. The number of aryl methyl sites for hydroxylation is 1. The van der Waals surface area contributed by atoms with E-state index in [1.54, 1.807) is 12.1 Å². The van der Waals surface area contributed by atoms with E-state index in [-0.39, 0.29) is 31.0 Å². The zero-order valence-corrected chi connectivity index (χ0v) is 9.26. The molecule has 0 bridgehead atoms. The molecule has 1 N–H and O–H groups in total. The van der Waals surface area contributed by atoms with Gasteiger partial charge in [-0.05, 0) is 19.1 Å². The van der Waals surface area contributed by atoms with E-state index in [0.717, 1.165) is 5.69 Å². The first-order valence-electron chi connectivity index (χ1n) is 2.73. The Morgan fingerprint density at radius 3 is 2.64 bits per heavy atom. The molecule has 0 fully saturated rings. The molecule has 0 radical (unpaired) electrons. The fourth-order valence-electron chi connectivity index (χ4n) is 0.558. The van der Waals surface area contributed by atoms with Gasteiger partial charge < -0.3 is 5.98 Å². The Labute approximate surface area is 91.3 Å². The van der Waals surface area contributed by atoms with E-state index < -0.39 is 11.1 Å². The Balaban J connectivity index is 0. The van der Waals surface area contributed by atoms with Crippen molar-refractivity contribution < 1.29 is 39.7 Å². The largest absolute Gasteiger partial charge is 1.00 e. The van der Waals surface area contributed by atoms with Gasteiger partial charge in [0.1, 0.15) is 0 Å². The van der Waals surface area contributed by atoms with Crippen molar-refractivity contribution in [2.24, 2.45) is 0 Å². The van der Waals surface area contributed by atoms with Gasteiger partial charge in [0.2, 0.25) is 0 Å². The number of hydrogen-bond donors (Lipinski definition) is 1. The molecule has 5 heteroatoms. The molecular formula is C6H8NNaO2S. The van der Waals surface area contributed by atoms with E-state index in [2.05, 4.69) is 4.98 Å². The second-order valence-corrected chi connectivity index (χ2v) is 2.85. The third-order valence-electron chi connectivity index (χ3n) is 1.09. The van der Waals surface area contributed by atoms with Gasteiger partial charge in [0.25, 0.3) is 0 Å². The van der Waals surface area contributed by atoms with Crippen LogP contribution in [0, 0.1) is 6.92 Å². The van der Waals surface area contributed by atoms with Crippen LogP contribution in [0.2, 0.25) is 0 Å². The quantitative estimate of drug-likeness (QED) is 0.406. The molecular weight excluding hydrogens is 173 g/mol. The second-order valence-electron chi connectivity index (χ2n) is 1.88. The first-order valence-corrected chi connectivity index (χ1v) is 3.84. The molecule has 1 atom stereocenters. The molecule has 0 aliphatic heterocycles. The Kier molecular flexibility index (Phi) is 5.12. The number of hydrogen-bond acceptors (Lipinski definition) is 2. The molecule has 0 saturated heterocycles. The van der Waals surface area contributed by atoms with Crippen molar-refractivity contribution in [3.05, 3.63) is 24.0 Å². The predicted molar refractivity (Wildman–Crippen MR) is 39.1 cm³/mol. The zero-order valence-electron chi connectivity index (χ0n) is 7.44. The van der Waals surface area contributed by atoms with Crippen LogP contribution < -0.4 is 29.6 Å². The fraction of sp³-hybridized carbons (Fsp3) is 0.167. The molecule has 1 aromatic rings. The van der Waals surface area contributed by atoms with Crippen LogP contribution in [0.25, 0.3) is 0 Å². The average Bonchev–Trinajstić information content (AvgIpc) is 1.88. The molecule has 0 saturated carbocycles. The molecule has 0 aromatic carbocycles. The minimum absolute atomic E-state index is 0. The summed E-state index contributed by atoms with van der Waals surface area (Å²) in [6.07, 6.45) is 1.39. The van der Waals surface area contributed by atoms with Crippen molar-refractivity contribution in [1.82, 2.24) is 4.98 Å². The molecule has 1 rings (SSSR count). The molecule has 56 valence electrons. The smallest absolute Gasteiger partial charge is 1.00 e. The summed E-state index contributed by atoms with van der Waals surface area (Å²) in [6.45, 7) is 1.82. The predicted octanol–water partition coefficient (Wildman–Crippen LogP) is -1.91. The maximum atomic E-state index is 10.4. The van der Waals surface area contributed by atoms with Crippen LogP contribution in [0.15, 0.2) is 23.2 Å². The van der Waals surface area contributed by atoms with Gasteiger partial charge in [-0.25, -0.2) is 4.21 Å². The van der Waals surface area contributed by atoms with E-state index in [1.807, 2.05) is 6.92 Å². The van der Waals surface area contributed by atoms with Gasteiger partial charge in [-0.15, -0.1) is 0 Å². The first-order chi connectivity index (χ1) is 4.70. The topological polar surface area (TPSA) is 50.2 Å². The zero-order chi connectivity index (χ0) is 7.56. The minimum Gasteiger partial charge on any atom is -1.00 e. The monoisotopic (exact) mass is 181 g/mol. The van der Waals surface area contributed by atoms with Crippen molar-refractivity contribution in [3.8, 4) is 0 Å². The fourth-order valence-corrected chi connectivity index (χ4v) is 0.885. The second kappa shape index (κ2) is 5.00.